The van der Waals surface area contributed by atoms with Crippen molar-refractivity contribution in [2.24, 2.45) is 5.10 Å². The van der Waals surface area contributed by atoms with E-state index in [1.54, 1.807) is 54.6 Å². The van der Waals surface area contributed by atoms with E-state index in [4.69, 9.17) is 20.8 Å². The highest BCUT2D eigenvalue weighted by atomic mass is 35.5. The van der Waals surface area contributed by atoms with Gasteiger partial charge in [0.25, 0.3) is 11.6 Å². The van der Waals surface area contributed by atoms with Crippen molar-refractivity contribution in [1.82, 2.24) is 5.43 Å². The first-order chi connectivity index (χ1) is 13.5. The van der Waals surface area contributed by atoms with E-state index >= 15 is 0 Å². The fraction of sp³-hybridized carbons (Fsp3) is 0.0526. The second-order valence-corrected chi connectivity index (χ2v) is 5.95. The molecule has 0 aliphatic heterocycles. The highest BCUT2D eigenvalue weighted by Gasteiger charge is 2.16. The number of furan rings is 1. The van der Waals surface area contributed by atoms with Crippen molar-refractivity contribution in [3.05, 3.63) is 81.6 Å². The Kier molecular flexibility index (Phi) is 6.03. The molecular weight excluding hydrogens is 386 g/mol. The van der Waals surface area contributed by atoms with Crippen LogP contribution in [0.25, 0.3) is 11.3 Å². The molecule has 0 saturated heterocycles. The van der Waals surface area contributed by atoms with Crippen LogP contribution in [0, 0.1) is 10.1 Å². The summed E-state index contributed by atoms with van der Waals surface area (Å²) in [6.07, 6.45) is 1.29. The smallest absolute Gasteiger partial charge is 0.280 e. The van der Waals surface area contributed by atoms with Gasteiger partial charge in [-0.25, -0.2) is 5.43 Å². The molecule has 1 amide bonds. The molecule has 0 aliphatic carbocycles. The number of rotatable bonds is 7. The molecule has 1 aromatic heterocycles. The van der Waals surface area contributed by atoms with Gasteiger partial charge in [-0.3, -0.25) is 14.9 Å². The van der Waals surface area contributed by atoms with Crippen molar-refractivity contribution in [3.63, 3.8) is 0 Å². The summed E-state index contributed by atoms with van der Waals surface area (Å²) in [5, 5.41) is 15.4. The lowest BCUT2D eigenvalue weighted by Gasteiger charge is -2.04. The van der Waals surface area contributed by atoms with E-state index in [9.17, 15) is 14.9 Å². The van der Waals surface area contributed by atoms with Crippen LogP contribution in [0.15, 0.2) is 70.2 Å². The zero-order chi connectivity index (χ0) is 19.9. The number of benzene rings is 2. The number of ether oxygens (including phenoxy) is 1. The van der Waals surface area contributed by atoms with Gasteiger partial charge in [0.05, 0.1) is 16.7 Å². The van der Waals surface area contributed by atoms with Crippen molar-refractivity contribution in [3.8, 4) is 17.1 Å². The van der Waals surface area contributed by atoms with Crippen LogP contribution >= 0.6 is 11.6 Å². The summed E-state index contributed by atoms with van der Waals surface area (Å²) in [5.74, 6) is 0.693. The van der Waals surface area contributed by atoms with Gasteiger partial charge < -0.3 is 9.15 Å². The van der Waals surface area contributed by atoms with Gasteiger partial charge in [0.15, 0.2) is 6.61 Å². The molecule has 0 radical (unpaired) electrons. The Morgan fingerprint density at radius 2 is 1.93 bits per heavy atom. The fourth-order valence-corrected chi connectivity index (χ4v) is 2.41. The van der Waals surface area contributed by atoms with Gasteiger partial charge in [0.1, 0.15) is 17.3 Å². The first-order valence-electron chi connectivity index (χ1n) is 8.07. The number of nitro benzene ring substituents is 1. The maximum atomic E-state index is 11.7. The summed E-state index contributed by atoms with van der Waals surface area (Å²) >= 11 is 5.77. The lowest BCUT2D eigenvalue weighted by molar-refractivity contribution is -0.384. The van der Waals surface area contributed by atoms with E-state index in [0.717, 1.165) is 0 Å². The van der Waals surface area contributed by atoms with Crippen molar-refractivity contribution in [2.75, 3.05) is 6.61 Å². The quantitative estimate of drug-likeness (QED) is 0.366. The molecule has 142 valence electrons. The van der Waals surface area contributed by atoms with Crippen LogP contribution in [0.3, 0.4) is 0 Å². The number of hydrogen-bond acceptors (Lipinski definition) is 6. The normalized spacial score (nSPS) is 10.8. The number of carbonyl (C=O) groups is 1. The Morgan fingerprint density at radius 1 is 1.18 bits per heavy atom. The summed E-state index contributed by atoms with van der Waals surface area (Å²) < 4.78 is 10.8. The van der Waals surface area contributed by atoms with E-state index in [1.807, 2.05) is 0 Å². The van der Waals surface area contributed by atoms with E-state index in [0.29, 0.717) is 27.9 Å². The molecule has 8 nitrogen and oxygen atoms in total. The zero-order valence-corrected chi connectivity index (χ0v) is 15.1. The van der Waals surface area contributed by atoms with Gasteiger partial charge in [0.2, 0.25) is 0 Å². The largest absolute Gasteiger partial charge is 0.484 e. The number of nitrogens with one attached hydrogen (secondary N) is 1. The third kappa shape index (κ3) is 4.95. The molecule has 1 heterocycles. The molecule has 1 N–H and O–H groups in total. The Labute approximate surface area is 164 Å². The maximum Gasteiger partial charge on any atom is 0.280 e. The molecule has 0 bridgehead atoms. The number of halogens is 1. The van der Waals surface area contributed by atoms with E-state index in [-0.39, 0.29) is 12.3 Å². The lowest BCUT2D eigenvalue weighted by Crippen LogP contribution is -2.24. The van der Waals surface area contributed by atoms with Crippen LogP contribution in [0.2, 0.25) is 5.02 Å². The minimum atomic E-state index is -0.480. The molecule has 9 heteroatoms. The molecule has 0 spiro atoms. The van der Waals surface area contributed by atoms with Crippen LogP contribution in [0.5, 0.6) is 5.75 Å². The fourth-order valence-electron chi connectivity index (χ4n) is 2.29. The summed E-state index contributed by atoms with van der Waals surface area (Å²) in [6, 6.07) is 16.0. The second kappa shape index (κ2) is 8.83. The third-order valence-corrected chi connectivity index (χ3v) is 3.81. The molecule has 0 atom stereocenters. The Bertz CT molecular complexity index is 1010. The predicted octanol–water partition coefficient (Wildman–Crippen LogP) is 4.04. The SMILES string of the molecule is O=C(COc1ccc(Cl)cc1)N/N=C/c1ccc(-c2ccccc2[N+](=O)[O-])o1. The first kappa shape index (κ1) is 19.1. The van der Waals surface area contributed by atoms with Crippen molar-refractivity contribution in [1.29, 1.82) is 0 Å². The topological polar surface area (TPSA) is 107 Å². The van der Waals surface area contributed by atoms with Crippen LogP contribution < -0.4 is 10.2 Å². The van der Waals surface area contributed by atoms with Gasteiger partial charge >= 0.3 is 0 Å². The molecule has 0 aliphatic rings. The first-order valence-corrected chi connectivity index (χ1v) is 8.44. The number of nitrogens with zero attached hydrogens (tertiary/aromatic N) is 2. The van der Waals surface area contributed by atoms with E-state index in [2.05, 4.69) is 10.5 Å². The number of carbonyl (C=O) groups excluding carboxylic acids is 1. The molecule has 3 rings (SSSR count). The van der Waals surface area contributed by atoms with Crippen molar-refractivity contribution < 1.29 is 18.9 Å². The summed E-state index contributed by atoms with van der Waals surface area (Å²) in [4.78, 5) is 22.4. The highest BCUT2D eigenvalue weighted by Crippen LogP contribution is 2.30. The van der Waals surface area contributed by atoms with Crippen LogP contribution in [0.1, 0.15) is 5.76 Å². The highest BCUT2D eigenvalue weighted by molar-refractivity contribution is 6.30. The molecule has 2 aromatic carbocycles. The summed E-state index contributed by atoms with van der Waals surface area (Å²) in [5.41, 5.74) is 2.59. The number of hydrogen-bond donors (Lipinski definition) is 1. The number of nitro groups is 1. The number of hydrazone groups is 1. The zero-order valence-electron chi connectivity index (χ0n) is 14.4. The van der Waals surface area contributed by atoms with Gasteiger partial charge in [0, 0.05) is 11.1 Å². The minimum Gasteiger partial charge on any atom is -0.484 e. The van der Waals surface area contributed by atoms with Crippen molar-refractivity contribution in [2.45, 2.75) is 0 Å². The molecule has 0 saturated carbocycles. The number of para-hydroxylation sites is 1. The van der Waals surface area contributed by atoms with E-state index < -0.39 is 10.8 Å². The Balaban J connectivity index is 1.56. The molecule has 28 heavy (non-hydrogen) atoms. The van der Waals surface area contributed by atoms with Crippen molar-refractivity contribution >= 4 is 29.4 Å². The van der Waals surface area contributed by atoms with Gasteiger partial charge in [-0.15, -0.1) is 0 Å². The monoisotopic (exact) mass is 399 g/mol. The van der Waals surface area contributed by atoms with E-state index in [1.165, 1.54) is 12.3 Å². The minimum absolute atomic E-state index is 0.0620. The standard InChI is InChI=1S/C19H14ClN3O5/c20-13-5-7-14(8-6-13)27-12-19(24)22-21-11-15-9-10-18(28-15)16-3-1-2-4-17(16)23(25)26/h1-11H,12H2,(H,22,24)/b21-11+. The average Bonchev–Trinajstić information content (AvgIpc) is 3.16. The van der Waals surface area contributed by atoms with Crippen LogP contribution in [0.4, 0.5) is 5.69 Å². The Hall–Kier alpha value is -3.65. The van der Waals surface area contributed by atoms with Gasteiger partial charge in [-0.05, 0) is 42.5 Å². The lowest BCUT2D eigenvalue weighted by atomic mass is 10.1. The summed E-state index contributed by atoms with van der Waals surface area (Å²) in [7, 11) is 0. The average molecular weight is 400 g/mol. The molecule has 0 unspecified atom stereocenters. The summed E-state index contributed by atoms with van der Waals surface area (Å²) in [6.45, 7) is -0.224. The number of amides is 1. The van der Waals surface area contributed by atoms with Gasteiger partial charge in [-0.2, -0.15) is 5.10 Å². The third-order valence-electron chi connectivity index (χ3n) is 3.56. The molecular formula is C19H14ClN3O5. The van der Waals surface area contributed by atoms with Crippen LogP contribution in [-0.2, 0) is 4.79 Å². The Morgan fingerprint density at radius 3 is 2.68 bits per heavy atom. The maximum absolute atomic E-state index is 11.7. The predicted molar refractivity (Wildman–Crippen MR) is 103 cm³/mol. The molecule has 3 aromatic rings. The van der Waals surface area contributed by atoms with Crippen LogP contribution in [-0.4, -0.2) is 23.7 Å². The van der Waals surface area contributed by atoms with Gasteiger partial charge in [-0.1, -0.05) is 23.7 Å². The molecule has 0 fully saturated rings. The second-order valence-electron chi connectivity index (χ2n) is 5.51.